The highest BCUT2D eigenvalue weighted by Gasteiger charge is 2.37. The fraction of sp³-hybridized carbons (Fsp3) is 0.0714. The fourth-order valence-corrected chi connectivity index (χ4v) is 2.34. The Morgan fingerprint density at radius 3 is 2.41 bits per heavy atom. The summed E-state index contributed by atoms with van der Waals surface area (Å²) in [5.74, 6) is -0.467. The zero-order valence-electron chi connectivity index (χ0n) is 11.2. The first-order chi connectivity index (χ1) is 10.5. The van der Waals surface area contributed by atoms with Crippen molar-refractivity contribution in [3.05, 3.63) is 64.2 Å². The maximum absolute atomic E-state index is 14.3. The number of amides is 1. The number of nitro benzene ring substituents is 1. The lowest BCUT2D eigenvalue weighted by Crippen LogP contribution is -2.57. The van der Waals surface area contributed by atoms with Crippen LogP contribution in [0.5, 0.6) is 0 Å². The van der Waals surface area contributed by atoms with Crippen LogP contribution in [0.25, 0.3) is 0 Å². The highest BCUT2D eigenvalue weighted by atomic mass is 19.2. The number of fused-ring (bicyclic) bond motifs is 1. The van der Waals surface area contributed by atoms with Crippen molar-refractivity contribution >= 4 is 23.0 Å². The summed E-state index contributed by atoms with van der Waals surface area (Å²) >= 11 is 0. The van der Waals surface area contributed by atoms with Gasteiger partial charge in [0.25, 0.3) is 11.6 Å². The Balaban J connectivity index is 2.04. The number of rotatable bonds is 2. The van der Waals surface area contributed by atoms with Gasteiger partial charge in [-0.2, -0.15) is 5.12 Å². The summed E-state index contributed by atoms with van der Waals surface area (Å²) in [7, 11) is 0. The number of nitro groups is 1. The van der Waals surface area contributed by atoms with E-state index >= 15 is 0 Å². The van der Waals surface area contributed by atoms with Gasteiger partial charge in [0.05, 0.1) is 16.2 Å². The number of non-ortho nitro benzene ring substituents is 1. The molecule has 0 bridgehead atoms. The van der Waals surface area contributed by atoms with E-state index in [1.165, 1.54) is 36.4 Å². The first-order valence-electron chi connectivity index (χ1n) is 6.38. The van der Waals surface area contributed by atoms with Gasteiger partial charge in [-0.05, 0) is 24.3 Å². The molecule has 2 N–H and O–H groups in total. The van der Waals surface area contributed by atoms with E-state index < -0.39 is 17.1 Å². The second kappa shape index (κ2) is 5.08. The van der Waals surface area contributed by atoms with E-state index in [0.29, 0.717) is 0 Å². The molecule has 0 saturated heterocycles. The molecule has 7 nitrogen and oxygen atoms in total. The van der Waals surface area contributed by atoms with Crippen molar-refractivity contribution in [1.29, 1.82) is 0 Å². The van der Waals surface area contributed by atoms with Crippen LogP contribution in [0.1, 0.15) is 10.4 Å². The largest absolute Gasteiger partial charge is 0.291 e. The summed E-state index contributed by atoms with van der Waals surface area (Å²) in [6.07, 6.45) is -1.34. The van der Waals surface area contributed by atoms with Crippen molar-refractivity contribution in [3.8, 4) is 0 Å². The van der Waals surface area contributed by atoms with Crippen LogP contribution < -0.4 is 15.8 Å². The van der Waals surface area contributed by atoms with Gasteiger partial charge in [-0.3, -0.25) is 25.5 Å². The van der Waals surface area contributed by atoms with Crippen LogP contribution in [-0.2, 0) is 0 Å². The molecule has 0 spiro atoms. The Kier molecular flexibility index (Phi) is 3.22. The molecule has 1 amide bonds. The van der Waals surface area contributed by atoms with Crippen molar-refractivity contribution in [3.63, 3.8) is 0 Å². The minimum Gasteiger partial charge on any atom is -0.291 e. The average Bonchev–Trinajstić information content (AvgIpc) is 2.53. The highest BCUT2D eigenvalue weighted by molar-refractivity contribution is 6.11. The number of para-hydroxylation sites is 1. The standard InChI is InChI=1S/C14H11FN4O3/c15-18-12-4-2-1-3-11(12)13(20)17(14(18)16)9-5-7-10(8-6-9)19(21)22/h1-8,14H,16H2. The van der Waals surface area contributed by atoms with Gasteiger partial charge in [0, 0.05) is 17.8 Å². The highest BCUT2D eigenvalue weighted by Crippen LogP contribution is 2.33. The van der Waals surface area contributed by atoms with Gasteiger partial charge in [0.2, 0.25) is 0 Å². The smallest absolute Gasteiger partial charge is 0.269 e. The van der Waals surface area contributed by atoms with E-state index in [9.17, 15) is 19.4 Å². The third kappa shape index (κ3) is 2.06. The molecule has 2 aromatic carbocycles. The van der Waals surface area contributed by atoms with Gasteiger partial charge >= 0.3 is 0 Å². The molecule has 112 valence electrons. The quantitative estimate of drug-likeness (QED) is 0.521. The van der Waals surface area contributed by atoms with Crippen LogP contribution in [0.3, 0.4) is 0 Å². The van der Waals surface area contributed by atoms with Crippen LogP contribution in [-0.4, -0.2) is 17.1 Å². The third-order valence-corrected chi connectivity index (χ3v) is 3.42. The van der Waals surface area contributed by atoms with Crippen LogP contribution >= 0.6 is 0 Å². The minimum atomic E-state index is -1.34. The van der Waals surface area contributed by atoms with Crippen molar-refractivity contribution in [2.24, 2.45) is 5.73 Å². The van der Waals surface area contributed by atoms with Gasteiger partial charge in [-0.15, -0.1) is 0 Å². The first-order valence-corrected chi connectivity index (χ1v) is 6.38. The van der Waals surface area contributed by atoms with E-state index in [2.05, 4.69) is 0 Å². The lowest BCUT2D eigenvalue weighted by atomic mass is 10.1. The van der Waals surface area contributed by atoms with E-state index in [0.717, 1.165) is 4.90 Å². The molecule has 1 atom stereocenters. The molecule has 22 heavy (non-hydrogen) atoms. The van der Waals surface area contributed by atoms with Gasteiger partial charge in [0.15, 0.2) is 6.29 Å². The number of hydrogen-bond donors (Lipinski definition) is 1. The summed E-state index contributed by atoms with van der Waals surface area (Å²) in [5.41, 5.74) is 6.20. The maximum atomic E-state index is 14.3. The molecule has 1 aliphatic heterocycles. The number of halogens is 1. The molecule has 0 radical (unpaired) electrons. The SMILES string of the molecule is NC1N(F)c2ccccc2C(=O)N1c1ccc([N+](=O)[O-])cc1. The van der Waals surface area contributed by atoms with E-state index in [1.807, 2.05) is 0 Å². The summed E-state index contributed by atoms with van der Waals surface area (Å²) in [6, 6.07) is 11.4. The van der Waals surface area contributed by atoms with Crippen LogP contribution in [0.15, 0.2) is 48.5 Å². The zero-order chi connectivity index (χ0) is 15.9. The molecule has 0 aliphatic carbocycles. The molecule has 1 aliphatic rings. The predicted octanol–water partition coefficient (Wildman–Crippen LogP) is 2.19. The lowest BCUT2D eigenvalue weighted by Gasteiger charge is -2.38. The first kappa shape index (κ1) is 14.0. The Labute approximate surface area is 124 Å². The summed E-state index contributed by atoms with van der Waals surface area (Å²) in [5, 5.41) is 11.0. The Hall–Kier alpha value is -3.00. The van der Waals surface area contributed by atoms with Gasteiger partial charge in [0.1, 0.15) is 0 Å². The number of carbonyl (C=O) groups excluding carboxylic acids is 1. The van der Waals surface area contributed by atoms with Crippen LogP contribution in [0, 0.1) is 10.1 Å². The minimum absolute atomic E-state index is 0.0955. The molecular weight excluding hydrogens is 291 g/mol. The van der Waals surface area contributed by atoms with E-state index in [1.54, 1.807) is 12.1 Å². The topological polar surface area (TPSA) is 92.7 Å². The van der Waals surface area contributed by atoms with E-state index in [4.69, 9.17) is 5.73 Å². The molecule has 0 aromatic heterocycles. The predicted molar refractivity (Wildman–Crippen MR) is 77.9 cm³/mol. The third-order valence-electron chi connectivity index (χ3n) is 3.42. The van der Waals surface area contributed by atoms with Crippen molar-refractivity contribution < 1.29 is 14.2 Å². The maximum Gasteiger partial charge on any atom is 0.269 e. The molecule has 2 aromatic rings. The van der Waals surface area contributed by atoms with Gasteiger partial charge in [-0.1, -0.05) is 16.6 Å². The molecule has 0 saturated carbocycles. The van der Waals surface area contributed by atoms with Crippen molar-refractivity contribution in [1.82, 2.24) is 0 Å². The second-order valence-corrected chi connectivity index (χ2v) is 4.69. The second-order valence-electron chi connectivity index (χ2n) is 4.69. The molecule has 3 rings (SSSR count). The number of anilines is 2. The normalized spacial score (nSPS) is 17.4. The zero-order valence-corrected chi connectivity index (χ0v) is 11.2. The van der Waals surface area contributed by atoms with Crippen LogP contribution in [0.4, 0.5) is 21.5 Å². The van der Waals surface area contributed by atoms with Crippen molar-refractivity contribution in [2.75, 3.05) is 10.0 Å². The number of hydrogen-bond acceptors (Lipinski definition) is 5. The number of carbonyl (C=O) groups is 1. The summed E-state index contributed by atoms with van der Waals surface area (Å²) < 4.78 is 14.3. The van der Waals surface area contributed by atoms with Gasteiger partial charge in [-0.25, -0.2) is 0 Å². The summed E-state index contributed by atoms with van der Waals surface area (Å²) in [4.78, 5) is 23.7. The summed E-state index contributed by atoms with van der Waals surface area (Å²) in [6.45, 7) is 0. The van der Waals surface area contributed by atoms with Gasteiger partial charge < -0.3 is 0 Å². The Morgan fingerprint density at radius 1 is 1.14 bits per heavy atom. The van der Waals surface area contributed by atoms with Crippen LogP contribution in [0.2, 0.25) is 0 Å². The molecule has 1 unspecified atom stereocenters. The van der Waals surface area contributed by atoms with E-state index in [-0.39, 0.29) is 27.7 Å². The van der Waals surface area contributed by atoms with Crippen molar-refractivity contribution in [2.45, 2.75) is 6.29 Å². The molecule has 8 heteroatoms. The molecule has 0 fully saturated rings. The molecule has 1 heterocycles. The monoisotopic (exact) mass is 302 g/mol. The average molecular weight is 302 g/mol. The lowest BCUT2D eigenvalue weighted by molar-refractivity contribution is -0.384. The number of nitrogens with two attached hydrogens (primary N) is 1. The number of benzene rings is 2. The fourth-order valence-electron chi connectivity index (χ4n) is 2.34. The Morgan fingerprint density at radius 2 is 1.77 bits per heavy atom. The number of nitrogens with zero attached hydrogens (tertiary/aromatic N) is 3. The molecular formula is C14H11FN4O3. The Bertz CT molecular complexity index is 750.